The highest BCUT2D eigenvalue weighted by Gasteiger charge is 2.37. The number of aliphatic hydroxyl groups is 2. The van der Waals surface area contributed by atoms with Gasteiger partial charge in [-0.2, -0.15) is 0 Å². The van der Waals surface area contributed by atoms with Gasteiger partial charge in [-0.05, 0) is 0 Å². The summed E-state index contributed by atoms with van der Waals surface area (Å²) in [6, 6.07) is 0. The third kappa shape index (κ3) is 4.17. The largest absolute Gasteiger partial charge is 0.527 e. The summed E-state index contributed by atoms with van der Waals surface area (Å²) in [7, 11) is -4.95. The molecule has 0 saturated carbocycles. The maximum absolute atomic E-state index is 10.9. The minimum Gasteiger partial charge on any atom is -0.396 e. The van der Waals surface area contributed by atoms with Gasteiger partial charge in [0.25, 0.3) is 0 Å². The third-order valence-electron chi connectivity index (χ3n) is 1.58. The van der Waals surface area contributed by atoms with E-state index in [1.807, 2.05) is 0 Å². The van der Waals surface area contributed by atoms with Crippen LogP contribution in [0.4, 0.5) is 0 Å². The standard InChI is InChI=1S/C6H13O7P/c1-6(2,3-7)4(8)5(9)13-14(10,11)12/h4,7-8H,3H2,1-2H3,(H2,10,11,12)/t4-/m0/s1. The van der Waals surface area contributed by atoms with Crippen LogP contribution in [0.5, 0.6) is 0 Å². The molecule has 0 aromatic heterocycles. The van der Waals surface area contributed by atoms with Gasteiger partial charge < -0.3 is 14.7 Å². The highest BCUT2D eigenvalue weighted by molar-refractivity contribution is 7.46. The molecule has 0 radical (unpaired) electrons. The number of hydrogen-bond acceptors (Lipinski definition) is 5. The topological polar surface area (TPSA) is 124 Å². The maximum atomic E-state index is 10.9. The number of phosphoric acid groups is 1. The quantitative estimate of drug-likeness (QED) is 0.455. The molecule has 7 nitrogen and oxygen atoms in total. The molecule has 1 atom stereocenters. The van der Waals surface area contributed by atoms with Crippen LogP contribution < -0.4 is 0 Å². The number of hydrogen-bond donors (Lipinski definition) is 4. The van der Waals surface area contributed by atoms with E-state index in [2.05, 4.69) is 4.52 Å². The van der Waals surface area contributed by atoms with Crippen molar-refractivity contribution >= 4 is 13.8 Å². The molecule has 0 saturated heterocycles. The molecule has 0 unspecified atom stereocenters. The van der Waals surface area contributed by atoms with E-state index >= 15 is 0 Å². The molecule has 0 aromatic rings. The predicted molar refractivity (Wildman–Crippen MR) is 45.0 cm³/mol. The molecule has 8 heteroatoms. The lowest BCUT2D eigenvalue weighted by atomic mass is 9.88. The SMILES string of the molecule is CC(C)(CO)[C@@H](O)C(=O)OP(=O)(O)O. The first-order valence-corrected chi connectivity index (χ1v) is 5.21. The van der Waals surface area contributed by atoms with Gasteiger partial charge in [-0.25, -0.2) is 9.36 Å². The van der Waals surface area contributed by atoms with Crippen LogP contribution in [0.3, 0.4) is 0 Å². The third-order valence-corrected chi connectivity index (χ3v) is 2.00. The van der Waals surface area contributed by atoms with E-state index < -0.39 is 31.9 Å². The maximum Gasteiger partial charge on any atom is 0.527 e. The van der Waals surface area contributed by atoms with Crippen LogP contribution in [0, 0.1) is 5.41 Å². The fourth-order valence-corrected chi connectivity index (χ4v) is 0.907. The molecule has 0 bridgehead atoms. The minimum absolute atomic E-state index is 0.523. The molecular weight excluding hydrogens is 215 g/mol. The number of rotatable bonds is 4. The van der Waals surface area contributed by atoms with Crippen LogP contribution in [-0.4, -0.2) is 38.7 Å². The Labute approximate surface area is 80.6 Å². The van der Waals surface area contributed by atoms with Gasteiger partial charge in [0, 0.05) is 5.41 Å². The van der Waals surface area contributed by atoms with Crippen LogP contribution in [0.1, 0.15) is 13.8 Å². The molecule has 0 aliphatic heterocycles. The van der Waals surface area contributed by atoms with Crippen molar-refractivity contribution in [2.45, 2.75) is 20.0 Å². The summed E-state index contributed by atoms with van der Waals surface area (Å²) in [6.45, 7) is 2.17. The van der Waals surface area contributed by atoms with Crippen molar-refractivity contribution in [3.8, 4) is 0 Å². The summed E-state index contributed by atoms with van der Waals surface area (Å²) in [5, 5.41) is 18.0. The number of aliphatic hydroxyl groups excluding tert-OH is 2. The number of carbonyl (C=O) groups is 1. The molecular formula is C6H13O7P. The summed E-state index contributed by atoms with van der Waals surface area (Å²) in [5.74, 6) is -1.46. The van der Waals surface area contributed by atoms with Gasteiger partial charge in [0.1, 0.15) is 0 Å². The van der Waals surface area contributed by atoms with Crippen molar-refractivity contribution in [3.05, 3.63) is 0 Å². The lowest BCUT2D eigenvalue weighted by molar-refractivity contribution is -0.153. The summed E-state index contributed by atoms with van der Waals surface area (Å²) in [4.78, 5) is 27.4. The van der Waals surface area contributed by atoms with E-state index in [4.69, 9.17) is 14.9 Å². The van der Waals surface area contributed by atoms with Gasteiger partial charge in [-0.15, -0.1) is 0 Å². The van der Waals surface area contributed by atoms with Crippen molar-refractivity contribution in [2.75, 3.05) is 6.61 Å². The predicted octanol–water partition coefficient (Wildman–Crippen LogP) is -0.998. The smallest absolute Gasteiger partial charge is 0.396 e. The van der Waals surface area contributed by atoms with E-state index in [-0.39, 0.29) is 0 Å². The first kappa shape index (κ1) is 13.5. The first-order valence-electron chi connectivity index (χ1n) is 3.68. The average Bonchev–Trinajstić information content (AvgIpc) is 2.00. The van der Waals surface area contributed by atoms with Crippen LogP contribution in [0.15, 0.2) is 0 Å². The van der Waals surface area contributed by atoms with Gasteiger partial charge in [-0.3, -0.25) is 9.79 Å². The monoisotopic (exact) mass is 228 g/mol. The van der Waals surface area contributed by atoms with Crippen molar-refractivity contribution < 1.29 is 33.9 Å². The summed E-state index contributed by atoms with van der Waals surface area (Å²) in [6.07, 6.45) is -1.79. The normalized spacial score (nSPS) is 15.0. The average molecular weight is 228 g/mol. The minimum atomic E-state index is -4.95. The highest BCUT2D eigenvalue weighted by Crippen LogP contribution is 2.37. The Balaban J connectivity index is 4.49. The zero-order valence-corrected chi connectivity index (χ0v) is 8.64. The molecule has 0 rings (SSSR count). The summed E-state index contributed by atoms with van der Waals surface area (Å²) in [5.41, 5.74) is -1.22. The van der Waals surface area contributed by atoms with Crippen LogP contribution in [0.2, 0.25) is 0 Å². The van der Waals surface area contributed by atoms with E-state index in [1.165, 1.54) is 13.8 Å². The lowest BCUT2D eigenvalue weighted by Gasteiger charge is -2.26. The molecule has 0 spiro atoms. The van der Waals surface area contributed by atoms with Crippen LogP contribution in [0.25, 0.3) is 0 Å². The fraction of sp³-hybridized carbons (Fsp3) is 0.833. The highest BCUT2D eigenvalue weighted by atomic mass is 31.2. The van der Waals surface area contributed by atoms with Crippen molar-refractivity contribution in [2.24, 2.45) is 5.41 Å². The van der Waals surface area contributed by atoms with Crippen molar-refractivity contribution in [3.63, 3.8) is 0 Å². The molecule has 0 heterocycles. The Morgan fingerprint density at radius 2 is 1.93 bits per heavy atom. The zero-order chi connectivity index (χ0) is 11.6. The molecule has 0 aromatic carbocycles. The molecule has 0 fully saturated rings. The van der Waals surface area contributed by atoms with Gasteiger partial charge in [0.15, 0.2) is 6.10 Å². The van der Waals surface area contributed by atoms with Crippen molar-refractivity contribution in [1.82, 2.24) is 0 Å². The summed E-state index contributed by atoms with van der Waals surface area (Å²) < 4.78 is 13.9. The fourth-order valence-electron chi connectivity index (χ4n) is 0.573. The van der Waals surface area contributed by atoms with Gasteiger partial charge >= 0.3 is 13.8 Å². The molecule has 0 amide bonds. The molecule has 0 aliphatic carbocycles. The second kappa shape index (κ2) is 4.37. The van der Waals surface area contributed by atoms with Gasteiger partial charge in [0.05, 0.1) is 6.61 Å². The Morgan fingerprint density at radius 1 is 1.50 bits per heavy atom. The molecule has 84 valence electrons. The van der Waals surface area contributed by atoms with Gasteiger partial charge in [-0.1, -0.05) is 13.8 Å². The summed E-state index contributed by atoms with van der Waals surface area (Å²) >= 11 is 0. The van der Waals surface area contributed by atoms with Crippen LogP contribution >= 0.6 is 7.82 Å². The Bertz CT molecular complexity index is 255. The second-order valence-corrected chi connectivity index (χ2v) is 4.61. The Hall–Kier alpha value is -0.460. The van der Waals surface area contributed by atoms with Crippen molar-refractivity contribution in [1.29, 1.82) is 0 Å². The zero-order valence-electron chi connectivity index (χ0n) is 7.75. The van der Waals surface area contributed by atoms with Gasteiger partial charge in [0.2, 0.25) is 0 Å². The first-order chi connectivity index (χ1) is 6.10. The van der Waals surface area contributed by atoms with E-state index in [9.17, 15) is 14.5 Å². The number of carbonyl (C=O) groups excluding carboxylic acids is 1. The van der Waals surface area contributed by atoms with E-state index in [0.29, 0.717) is 0 Å². The van der Waals surface area contributed by atoms with Crippen LogP contribution in [-0.2, 0) is 13.9 Å². The molecule has 0 aliphatic rings. The van der Waals surface area contributed by atoms with E-state index in [0.717, 1.165) is 0 Å². The lowest BCUT2D eigenvalue weighted by Crippen LogP contribution is -2.39. The second-order valence-electron chi connectivity index (χ2n) is 3.45. The van der Waals surface area contributed by atoms with E-state index in [1.54, 1.807) is 0 Å². The Kier molecular flexibility index (Phi) is 4.23. The molecule has 4 N–H and O–H groups in total. The Morgan fingerprint density at radius 3 is 2.21 bits per heavy atom. The molecule has 14 heavy (non-hydrogen) atoms. The number of phosphoric ester groups is 1.